The first-order valence-corrected chi connectivity index (χ1v) is 6.83. The number of aryl methyl sites for hydroxylation is 1. The molecule has 0 saturated carbocycles. The second kappa shape index (κ2) is 5.19. The van der Waals surface area contributed by atoms with Crippen LogP contribution in [0.15, 0.2) is 41.9 Å². The molecule has 3 heterocycles. The minimum absolute atomic E-state index is 0.774. The Hall–Kier alpha value is -2.21. The van der Waals surface area contributed by atoms with Crippen LogP contribution >= 0.6 is 11.3 Å². The third kappa shape index (κ3) is 2.63. The Morgan fingerprint density at radius 1 is 1.32 bits per heavy atom. The van der Waals surface area contributed by atoms with Gasteiger partial charge in [-0.2, -0.15) is 11.3 Å². The van der Waals surface area contributed by atoms with Gasteiger partial charge in [0.25, 0.3) is 0 Å². The maximum atomic E-state index is 4.23. The van der Waals surface area contributed by atoms with Crippen LogP contribution in [0.25, 0.3) is 5.82 Å². The first-order chi connectivity index (χ1) is 9.33. The molecule has 0 atom stereocenters. The molecule has 0 spiro atoms. The Morgan fingerprint density at radius 3 is 3.00 bits per heavy atom. The molecule has 0 aliphatic carbocycles. The number of imidazole rings is 1. The molecule has 0 aliphatic rings. The maximum absolute atomic E-state index is 4.23. The number of hydrogen-bond acceptors (Lipinski definition) is 5. The van der Waals surface area contributed by atoms with Crippen molar-refractivity contribution < 1.29 is 0 Å². The molecule has 0 amide bonds. The van der Waals surface area contributed by atoms with Gasteiger partial charge in [0, 0.05) is 25.0 Å². The Kier molecular flexibility index (Phi) is 3.24. The summed E-state index contributed by atoms with van der Waals surface area (Å²) in [5.74, 6) is 1.61. The van der Waals surface area contributed by atoms with Crippen molar-refractivity contribution in [2.24, 2.45) is 0 Å². The molecule has 0 aliphatic heterocycles. The molecule has 3 aromatic rings. The minimum Gasteiger partial charge on any atom is -0.366 e. The van der Waals surface area contributed by atoms with Gasteiger partial charge in [0.05, 0.1) is 0 Å². The predicted molar refractivity (Wildman–Crippen MR) is 75.5 cm³/mol. The summed E-state index contributed by atoms with van der Waals surface area (Å²) in [6, 6.07) is 1.91. The molecule has 96 valence electrons. The number of aromatic nitrogens is 4. The van der Waals surface area contributed by atoms with Gasteiger partial charge in [-0.1, -0.05) is 0 Å². The highest BCUT2D eigenvalue weighted by atomic mass is 32.1. The first-order valence-electron chi connectivity index (χ1n) is 5.89. The monoisotopic (exact) mass is 271 g/mol. The van der Waals surface area contributed by atoms with Gasteiger partial charge in [-0.15, -0.1) is 0 Å². The van der Waals surface area contributed by atoms with Crippen LogP contribution < -0.4 is 5.32 Å². The Balaban J connectivity index is 1.75. The highest BCUT2D eigenvalue weighted by Gasteiger charge is 2.02. The normalized spacial score (nSPS) is 10.6. The third-order valence-corrected chi connectivity index (χ3v) is 3.75. The lowest BCUT2D eigenvalue weighted by Gasteiger charge is -2.07. The second-order valence-electron chi connectivity index (χ2n) is 4.16. The van der Waals surface area contributed by atoms with E-state index in [1.54, 1.807) is 30.2 Å². The summed E-state index contributed by atoms with van der Waals surface area (Å²) in [5.41, 5.74) is 2.61. The van der Waals surface area contributed by atoms with Crippen molar-refractivity contribution in [1.29, 1.82) is 0 Å². The van der Waals surface area contributed by atoms with E-state index < -0.39 is 0 Å². The molecule has 3 rings (SSSR count). The Bertz CT molecular complexity index is 659. The van der Waals surface area contributed by atoms with E-state index in [0.29, 0.717) is 0 Å². The molecule has 6 heteroatoms. The van der Waals surface area contributed by atoms with Crippen LogP contribution in [0.5, 0.6) is 0 Å². The lowest BCUT2D eigenvalue weighted by Crippen LogP contribution is -2.03. The number of nitrogens with one attached hydrogen (secondary N) is 1. The molecular formula is C13H13N5S. The van der Waals surface area contributed by atoms with Gasteiger partial charge in [0.2, 0.25) is 0 Å². The Labute approximate surface area is 115 Å². The molecular weight excluding hydrogens is 258 g/mol. The van der Waals surface area contributed by atoms with Gasteiger partial charge in [-0.05, 0) is 28.8 Å². The van der Waals surface area contributed by atoms with Crippen molar-refractivity contribution in [2.45, 2.75) is 13.5 Å². The van der Waals surface area contributed by atoms with Crippen molar-refractivity contribution in [3.8, 4) is 5.82 Å². The average Bonchev–Trinajstić information content (AvgIpc) is 3.08. The van der Waals surface area contributed by atoms with E-state index in [1.807, 2.05) is 16.8 Å². The fourth-order valence-corrected chi connectivity index (χ4v) is 2.59. The SMILES string of the molecule is Cc1cscc1CNc1cc(-n2ccnc2)ncn1. The number of nitrogens with zero attached hydrogens (tertiary/aromatic N) is 4. The second-order valence-corrected chi connectivity index (χ2v) is 4.91. The molecule has 0 radical (unpaired) electrons. The van der Waals surface area contributed by atoms with Gasteiger partial charge in [-0.3, -0.25) is 4.57 Å². The molecule has 0 aromatic carbocycles. The van der Waals surface area contributed by atoms with Crippen molar-refractivity contribution in [1.82, 2.24) is 19.5 Å². The van der Waals surface area contributed by atoms with Crippen LogP contribution in [0.3, 0.4) is 0 Å². The zero-order valence-electron chi connectivity index (χ0n) is 10.4. The fraction of sp³-hybridized carbons (Fsp3) is 0.154. The summed E-state index contributed by atoms with van der Waals surface area (Å²) >= 11 is 1.72. The smallest absolute Gasteiger partial charge is 0.143 e. The Morgan fingerprint density at radius 2 is 2.26 bits per heavy atom. The van der Waals surface area contributed by atoms with E-state index in [1.165, 1.54) is 11.1 Å². The summed E-state index contributed by atoms with van der Waals surface area (Å²) in [6.45, 7) is 2.89. The molecule has 0 bridgehead atoms. The minimum atomic E-state index is 0.774. The average molecular weight is 271 g/mol. The molecule has 19 heavy (non-hydrogen) atoms. The summed E-state index contributed by atoms with van der Waals surface area (Å²) in [4.78, 5) is 12.5. The predicted octanol–water partition coefficient (Wildman–Crippen LogP) is 2.64. The van der Waals surface area contributed by atoms with Crippen LogP contribution in [0, 0.1) is 6.92 Å². The highest BCUT2D eigenvalue weighted by molar-refractivity contribution is 7.08. The molecule has 1 N–H and O–H groups in total. The molecule has 5 nitrogen and oxygen atoms in total. The first kappa shape index (κ1) is 11.9. The summed E-state index contributed by atoms with van der Waals surface area (Å²) < 4.78 is 1.85. The summed E-state index contributed by atoms with van der Waals surface area (Å²) in [6.07, 6.45) is 6.85. The number of anilines is 1. The molecule has 0 unspecified atom stereocenters. The van der Waals surface area contributed by atoms with Crippen LogP contribution in [0.2, 0.25) is 0 Å². The number of rotatable bonds is 4. The standard InChI is InChI=1S/C13H13N5S/c1-10-6-19-7-11(10)5-15-12-4-13(17-8-16-12)18-3-2-14-9-18/h2-4,6-9H,5H2,1H3,(H,15,16,17). The number of thiophene rings is 1. The van der Waals surface area contributed by atoms with Crippen LogP contribution in [-0.4, -0.2) is 19.5 Å². The topological polar surface area (TPSA) is 55.6 Å². The van der Waals surface area contributed by atoms with Gasteiger partial charge in [0.1, 0.15) is 24.3 Å². The van der Waals surface area contributed by atoms with Crippen molar-refractivity contribution in [3.63, 3.8) is 0 Å². The van der Waals surface area contributed by atoms with E-state index in [9.17, 15) is 0 Å². The van der Waals surface area contributed by atoms with E-state index >= 15 is 0 Å². The van der Waals surface area contributed by atoms with E-state index in [0.717, 1.165) is 18.2 Å². The van der Waals surface area contributed by atoms with E-state index in [4.69, 9.17) is 0 Å². The lowest BCUT2D eigenvalue weighted by molar-refractivity contribution is 0.964. The quantitative estimate of drug-likeness (QED) is 0.792. The fourth-order valence-electron chi connectivity index (χ4n) is 1.73. The largest absolute Gasteiger partial charge is 0.366 e. The third-order valence-electron chi connectivity index (χ3n) is 2.84. The maximum Gasteiger partial charge on any atom is 0.143 e. The highest BCUT2D eigenvalue weighted by Crippen LogP contribution is 2.15. The van der Waals surface area contributed by atoms with Gasteiger partial charge in [0.15, 0.2) is 0 Å². The van der Waals surface area contributed by atoms with Gasteiger partial charge >= 0.3 is 0 Å². The van der Waals surface area contributed by atoms with Gasteiger partial charge < -0.3 is 5.32 Å². The molecule has 0 saturated heterocycles. The molecule has 0 fully saturated rings. The zero-order chi connectivity index (χ0) is 13.1. The summed E-state index contributed by atoms with van der Waals surface area (Å²) in [7, 11) is 0. The van der Waals surface area contributed by atoms with Crippen LogP contribution in [0.4, 0.5) is 5.82 Å². The van der Waals surface area contributed by atoms with Crippen molar-refractivity contribution in [2.75, 3.05) is 5.32 Å². The number of hydrogen-bond donors (Lipinski definition) is 1. The van der Waals surface area contributed by atoms with E-state index in [2.05, 4.69) is 38.0 Å². The van der Waals surface area contributed by atoms with Crippen molar-refractivity contribution >= 4 is 17.2 Å². The van der Waals surface area contributed by atoms with Crippen LogP contribution in [-0.2, 0) is 6.54 Å². The zero-order valence-corrected chi connectivity index (χ0v) is 11.3. The van der Waals surface area contributed by atoms with Crippen LogP contribution in [0.1, 0.15) is 11.1 Å². The van der Waals surface area contributed by atoms with Gasteiger partial charge in [-0.25, -0.2) is 15.0 Å². The van der Waals surface area contributed by atoms with E-state index in [-0.39, 0.29) is 0 Å². The lowest BCUT2D eigenvalue weighted by atomic mass is 10.2. The molecule has 3 aromatic heterocycles. The summed E-state index contributed by atoms with van der Waals surface area (Å²) in [5, 5.41) is 7.61. The van der Waals surface area contributed by atoms with Crippen molar-refractivity contribution in [3.05, 3.63) is 53.0 Å².